The standard InChI is InChI=1S/C34H33ClF2N8O4S/c35-34(36,37)49-23-6-4-22(5-7-23)45-11-10-27(41-45)25-16-21(30(38)47)17-39-31(25)43-14-12-42(13-15-43)18-20-2-1-3-24-26(20)19-44(33(24)50)28-8-9-29(46)40-32(28)48/h1-7,10-11,16-17,28,33,50H,8-9,12-15,18-19H2,(H2,38,47)(H,40,46,48). The fourth-order valence-corrected chi connectivity index (χ4v) is 7.34. The number of nitrogens with one attached hydrogen (secondary N) is 1. The number of imide groups is 1. The fraction of sp³-hybridized carbons (Fsp3) is 0.324. The van der Waals surface area contributed by atoms with E-state index in [4.69, 9.17) is 30.0 Å². The van der Waals surface area contributed by atoms with Crippen LogP contribution in [0.2, 0.25) is 0 Å². The van der Waals surface area contributed by atoms with Gasteiger partial charge in [-0.25, -0.2) is 9.67 Å². The lowest BCUT2D eigenvalue weighted by Crippen LogP contribution is -2.51. The van der Waals surface area contributed by atoms with E-state index in [1.807, 2.05) is 6.07 Å². The fourth-order valence-electron chi connectivity index (χ4n) is 6.77. The number of hydrogen-bond acceptors (Lipinski definition) is 10. The molecule has 16 heteroatoms. The molecule has 2 fully saturated rings. The molecule has 2 unspecified atom stereocenters. The molecular weight excluding hydrogens is 690 g/mol. The molecule has 3 N–H and O–H groups in total. The zero-order valence-corrected chi connectivity index (χ0v) is 28.3. The van der Waals surface area contributed by atoms with E-state index >= 15 is 0 Å². The van der Waals surface area contributed by atoms with Crippen LogP contribution in [0.1, 0.15) is 45.3 Å². The Bertz CT molecular complexity index is 1950. The molecule has 3 amide bonds. The first-order chi connectivity index (χ1) is 23.9. The summed E-state index contributed by atoms with van der Waals surface area (Å²) in [7, 11) is 0. The normalized spacial score (nSPS) is 20.1. The summed E-state index contributed by atoms with van der Waals surface area (Å²) in [5.74, 6) is -0.561. The second kappa shape index (κ2) is 13.6. The molecule has 7 rings (SSSR count). The van der Waals surface area contributed by atoms with Crippen LogP contribution in [-0.2, 0) is 22.7 Å². The van der Waals surface area contributed by atoms with E-state index < -0.39 is 17.5 Å². The smallest absolute Gasteiger partial charge is 0.420 e. The first-order valence-electron chi connectivity index (χ1n) is 16.0. The first-order valence-corrected chi connectivity index (χ1v) is 16.9. The number of hydrogen-bond donors (Lipinski definition) is 3. The highest BCUT2D eigenvalue weighted by Gasteiger charge is 2.40. The lowest BCUT2D eigenvalue weighted by atomic mass is 10.0. The molecular formula is C34H33ClF2N8O4S. The Labute approximate surface area is 296 Å². The van der Waals surface area contributed by atoms with E-state index in [9.17, 15) is 23.2 Å². The predicted molar refractivity (Wildman–Crippen MR) is 184 cm³/mol. The van der Waals surface area contributed by atoms with Crippen LogP contribution in [-0.4, -0.2) is 80.1 Å². The Kier molecular flexibility index (Phi) is 9.24. The van der Waals surface area contributed by atoms with Crippen molar-refractivity contribution in [2.75, 3.05) is 31.1 Å². The molecule has 12 nitrogen and oxygen atoms in total. The van der Waals surface area contributed by atoms with Gasteiger partial charge in [-0.15, -0.1) is 8.78 Å². The lowest BCUT2D eigenvalue weighted by Gasteiger charge is -2.36. The average molecular weight is 723 g/mol. The monoisotopic (exact) mass is 722 g/mol. The number of thiol groups is 1. The number of pyridine rings is 1. The summed E-state index contributed by atoms with van der Waals surface area (Å²) < 4.78 is 32.0. The van der Waals surface area contributed by atoms with Crippen LogP contribution < -0.4 is 20.7 Å². The number of primary amides is 1. The van der Waals surface area contributed by atoms with Gasteiger partial charge in [-0.3, -0.25) is 29.5 Å². The molecule has 4 aromatic rings. The van der Waals surface area contributed by atoms with Gasteiger partial charge in [-0.1, -0.05) is 18.2 Å². The zero-order chi connectivity index (χ0) is 35.2. The van der Waals surface area contributed by atoms with E-state index in [1.165, 1.54) is 29.5 Å². The Morgan fingerprint density at radius 1 is 1.10 bits per heavy atom. The number of alkyl halides is 3. The molecule has 0 spiro atoms. The number of fused-ring (bicyclic) bond motifs is 1. The van der Waals surface area contributed by atoms with Crippen molar-refractivity contribution >= 4 is 47.8 Å². The molecule has 0 bridgehead atoms. The van der Waals surface area contributed by atoms with E-state index in [1.54, 1.807) is 35.1 Å². The summed E-state index contributed by atoms with van der Waals surface area (Å²) in [5.41, 5.74) is 7.22. The highest BCUT2D eigenvalue weighted by atomic mass is 35.5. The number of benzene rings is 2. The molecule has 260 valence electrons. The highest BCUT2D eigenvalue weighted by molar-refractivity contribution is 7.80. The number of rotatable bonds is 9. The van der Waals surface area contributed by atoms with Crippen LogP contribution in [0.4, 0.5) is 14.6 Å². The lowest BCUT2D eigenvalue weighted by molar-refractivity contribution is -0.137. The molecule has 0 aliphatic carbocycles. The summed E-state index contributed by atoms with van der Waals surface area (Å²) in [6, 6.07) is 15.1. The van der Waals surface area contributed by atoms with E-state index in [0.717, 1.165) is 25.2 Å². The van der Waals surface area contributed by atoms with Crippen molar-refractivity contribution in [3.8, 4) is 22.7 Å². The number of anilines is 1. The molecule has 3 aliphatic heterocycles. The molecule has 0 saturated carbocycles. The van der Waals surface area contributed by atoms with Gasteiger partial charge < -0.3 is 15.4 Å². The van der Waals surface area contributed by atoms with Crippen LogP contribution in [0.3, 0.4) is 0 Å². The van der Waals surface area contributed by atoms with Crippen molar-refractivity contribution in [3.05, 3.63) is 89.2 Å². The summed E-state index contributed by atoms with van der Waals surface area (Å²) in [5, 5.41) is 6.92. The van der Waals surface area contributed by atoms with Gasteiger partial charge in [0.05, 0.1) is 28.4 Å². The number of nitrogens with zero attached hydrogens (tertiary/aromatic N) is 6. The number of aromatic nitrogens is 3. The van der Waals surface area contributed by atoms with Crippen LogP contribution in [0.25, 0.3) is 16.9 Å². The number of piperidine rings is 1. The van der Waals surface area contributed by atoms with Crippen molar-refractivity contribution in [1.29, 1.82) is 0 Å². The van der Waals surface area contributed by atoms with E-state index in [0.29, 0.717) is 55.2 Å². The van der Waals surface area contributed by atoms with Gasteiger partial charge in [0.1, 0.15) is 11.6 Å². The largest absolute Gasteiger partial charge is 0.487 e. The third kappa shape index (κ3) is 7.03. The van der Waals surface area contributed by atoms with Crippen LogP contribution in [0.5, 0.6) is 5.75 Å². The van der Waals surface area contributed by atoms with Gasteiger partial charge in [0.15, 0.2) is 0 Å². The zero-order valence-electron chi connectivity index (χ0n) is 26.6. The Morgan fingerprint density at radius 2 is 1.86 bits per heavy atom. The number of carbonyl (C=O) groups is 3. The average Bonchev–Trinajstić information content (AvgIpc) is 3.70. The summed E-state index contributed by atoms with van der Waals surface area (Å²) in [6.07, 6.45) is 3.97. The van der Waals surface area contributed by atoms with Gasteiger partial charge in [-0.05, 0) is 59.5 Å². The van der Waals surface area contributed by atoms with Crippen molar-refractivity contribution < 1.29 is 27.9 Å². The van der Waals surface area contributed by atoms with Crippen LogP contribution in [0.15, 0.2) is 67.0 Å². The van der Waals surface area contributed by atoms with Crippen molar-refractivity contribution in [2.45, 2.75) is 42.9 Å². The maximum atomic E-state index is 13.0. The second-order valence-corrected chi connectivity index (χ2v) is 13.3. The summed E-state index contributed by atoms with van der Waals surface area (Å²) >= 11 is 9.74. The number of piperazine rings is 1. The minimum Gasteiger partial charge on any atom is -0.420 e. The SMILES string of the molecule is NC(=O)c1cnc(N2CCN(Cc3cccc4c3CN(C3CCC(=O)NC3=O)C4S)CC2)c(-c2ccn(-c3ccc(OC(F)(F)Cl)cc3)n2)c1. The number of carbonyl (C=O) groups excluding carboxylic acids is 3. The second-order valence-electron chi connectivity index (χ2n) is 12.4. The predicted octanol–water partition coefficient (Wildman–Crippen LogP) is 4.07. The number of halogens is 3. The summed E-state index contributed by atoms with van der Waals surface area (Å²) in [6.45, 7) is 4.12. The molecule has 2 saturated heterocycles. The van der Waals surface area contributed by atoms with Gasteiger partial charge in [-0.2, -0.15) is 17.7 Å². The van der Waals surface area contributed by atoms with E-state index in [-0.39, 0.29) is 28.5 Å². The van der Waals surface area contributed by atoms with Gasteiger partial charge in [0.2, 0.25) is 17.7 Å². The van der Waals surface area contributed by atoms with E-state index in [2.05, 4.69) is 47.0 Å². The van der Waals surface area contributed by atoms with Gasteiger partial charge in [0.25, 0.3) is 0 Å². The quantitative estimate of drug-likeness (QED) is 0.133. The molecule has 2 aromatic carbocycles. The summed E-state index contributed by atoms with van der Waals surface area (Å²) in [4.78, 5) is 47.7. The molecule has 0 radical (unpaired) electrons. The minimum absolute atomic E-state index is 0.0994. The highest BCUT2D eigenvalue weighted by Crippen LogP contribution is 2.41. The molecule has 50 heavy (non-hydrogen) atoms. The maximum Gasteiger partial charge on any atom is 0.487 e. The van der Waals surface area contributed by atoms with Gasteiger partial charge in [0, 0.05) is 75.2 Å². The maximum absolute atomic E-state index is 13.0. The van der Waals surface area contributed by atoms with Crippen molar-refractivity contribution in [1.82, 2.24) is 29.9 Å². The Hall–Kier alpha value is -4.57. The molecule has 3 aliphatic rings. The number of ether oxygens (including phenoxy) is 1. The van der Waals surface area contributed by atoms with Crippen molar-refractivity contribution in [2.24, 2.45) is 5.73 Å². The first kappa shape index (κ1) is 33.9. The third-order valence-electron chi connectivity index (χ3n) is 9.27. The third-order valence-corrected chi connectivity index (χ3v) is 9.92. The van der Waals surface area contributed by atoms with Gasteiger partial charge >= 0.3 is 5.57 Å². The topological polar surface area (TPSA) is 139 Å². The van der Waals surface area contributed by atoms with Crippen LogP contribution in [0, 0.1) is 0 Å². The molecule has 2 aromatic heterocycles. The Balaban J connectivity index is 1.05. The Morgan fingerprint density at radius 3 is 2.56 bits per heavy atom. The number of nitrogens with two attached hydrogens (primary N) is 1. The minimum atomic E-state index is -3.82. The van der Waals surface area contributed by atoms with Crippen molar-refractivity contribution in [3.63, 3.8) is 0 Å². The molecule has 5 heterocycles. The number of amides is 3. The molecule has 2 atom stereocenters. The van der Waals surface area contributed by atoms with Crippen LogP contribution >= 0.6 is 24.2 Å².